The minimum Gasteiger partial charge on any atom is -0.337 e. The van der Waals surface area contributed by atoms with Gasteiger partial charge in [0.1, 0.15) is 0 Å². The van der Waals surface area contributed by atoms with Crippen LogP contribution >= 0.6 is 11.6 Å². The number of nitrogens with zero attached hydrogens (tertiary/aromatic N) is 1. The Bertz CT molecular complexity index is 498. The second-order valence-electron chi connectivity index (χ2n) is 5.91. The standard InChI is InChI=1S/C16H24ClN3O/c1-11(2)20(14-6-7-14)9-8-18-16(21)19-13-5-4-12(3)15(17)10-13/h4-5,10-11,14H,6-9H2,1-3H3,(H2,18,19,21). The van der Waals surface area contributed by atoms with Gasteiger partial charge in [-0.2, -0.15) is 0 Å². The molecular weight excluding hydrogens is 286 g/mol. The molecule has 116 valence electrons. The first-order valence-electron chi connectivity index (χ1n) is 7.54. The fraction of sp³-hybridized carbons (Fsp3) is 0.562. The van der Waals surface area contributed by atoms with Crippen LogP contribution in [0, 0.1) is 6.92 Å². The molecular formula is C16H24ClN3O. The lowest BCUT2D eigenvalue weighted by Gasteiger charge is -2.26. The van der Waals surface area contributed by atoms with E-state index in [1.807, 2.05) is 19.1 Å². The van der Waals surface area contributed by atoms with Crippen LogP contribution in [0.25, 0.3) is 0 Å². The lowest BCUT2D eigenvalue weighted by atomic mass is 10.2. The minimum absolute atomic E-state index is 0.186. The van der Waals surface area contributed by atoms with Gasteiger partial charge in [-0.15, -0.1) is 0 Å². The first-order chi connectivity index (χ1) is 9.97. The Morgan fingerprint density at radius 1 is 1.43 bits per heavy atom. The second kappa shape index (κ2) is 7.14. The van der Waals surface area contributed by atoms with Crippen LogP contribution in [-0.2, 0) is 0 Å². The molecule has 1 aromatic rings. The molecule has 2 rings (SSSR count). The Morgan fingerprint density at radius 3 is 2.71 bits per heavy atom. The van der Waals surface area contributed by atoms with Crippen molar-refractivity contribution in [2.75, 3.05) is 18.4 Å². The number of hydrogen-bond acceptors (Lipinski definition) is 2. The Morgan fingerprint density at radius 2 is 2.14 bits per heavy atom. The van der Waals surface area contributed by atoms with Crippen LogP contribution in [0.3, 0.4) is 0 Å². The van der Waals surface area contributed by atoms with Crippen LogP contribution in [0.2, 0.25) is 5.02 Å². The highest BCUT2D eigenvalue weighted by Gasteiger charge is 2.30. The van der Waals surface area contributed by atoms with E-state index in [0.717, 1.165) is 12.1 Å². The van der Waals surface area contributed by atoms with Gasteiger partial charge in [0, 0.05) is 35.9 Å². The first kappa shape index (κ1) is 16.1. The number of benzene rings is 1. The minimum atomic E-state index is -0.186. The zero-order valence-corrected chi connectivity index (χ0v) is 13.7. The van der Waals surface area contributed by atoms with Crippen molar-refractivity contribution in [3.63, 3.8) is 0 Å². The molecule has 0 unspecified atom stereocenters. The van der Waals surface area contributed by atoms with Gasteiger partial charge >= 0.3 is 6.03 Å². The molecule has 0 aliphatic heterocycles. The number of aryl methyl sites for hydroxylation is 1. The molecule has 0 saturated heterocycles. The van der Waals surface area contributed by atoms with E-state index in [2.05, 4.69) is 29.4 Å². The molecule has 1 aromatic carbocycles. The molecule has 0 bridgehead atoms. The number of halogens is 1. The molecule has 1 aliphatic rings. The average molecular weight is 310 g/mol. The van der Waals surface area contributed by atoms with Crippen LogP contribution in [0.5, 0.6) is 0 Å². The Hall–Kier alpha value is -1.26. The molecule has 1 saturated carbocycles. The smallest absolute Gasteiger partial charge is 0.319 e. The number of hydrogen-bond donors (Lipinski definition) is 2. The number of nitrogens with one attached hydrogen (secondary N) is 2. The summed E-state index contributed by atoms with van der Waals surface area (Å²) in [6.45, 7) is 7.88. The molecule has 0 atom stereocenters. The third-order valence-electron chi connectivity index (χ3n) is 3.76. The van der Waals surface area contributed by atoms with Crippen molar-refractivity contribution in [2.45, 2.75) is 45.7 Å². The van der Waals surface area contributed by atoms with Crippen molar-refractivity contribution in [1.29, 1.82) is 0 Å². The van der Waals surface area contributed by atoms with E-state index in [4.69, 9.17) is 11.6 Å². The molecule has 2 N–H and O–H groups in total. The highest BCUT2D eigenvalue weighted by molar-refractivity contribution is 6.31. The molecule has 21 heavy (non-hydrogen) atoms. The predicted octanol–water partition coefficient (Wildman–Crippen LogP) is 3.64. The number of carbonyl (C=O) groups excluding carboxylic acids is 1. The molecule has 0 aromatic heterocycles. The van der Waals surface area contributed by atoms with Crippen molar-refractivity contribution in [3.8, 4) is 0 Å². The third-order valence-corrected chi connectivity index (χ3v) is 4.17. The highest BCUT2D eigenvalue weighted by Crippen LogP contribution is 2.27. The second-order valence-corrected chi connectivity index (χ2v) is 6.31. The molecule has 2 amide bonds. The van der Waals surface area contributed by atoms with E-state index in [-0.39, 0.29) is 6.03 Å². The zero-order valence-electron chi connectivity index (χ0n) is 12.9. The van der Waals surface area contributed by atoms with E-state index in [0.29, 0.717) is 29.3 Å². The van der Waals surface area contributed by atoms with E-state index in [1.165, 1.54) is 12.8 Å². The largest absolute Gasteiger partial charge is 0.337 e. The molecule has 0 radical (unpaired) electrons. The Balaban J connectivity index is 1.75. The Kier molecular flexibility index (Phi) is 5.48. The van der Waals surface area contributed by atoms with E-state index < -0.39 is 0 Å². The maximum Gasteiger partial charge on any atom is 0.319 e. The van der Waals surface area contributed by atoms with Crippen LogP contribution in [0.4, 0.5) is 10.5 Å². The maximum atomic E-state index is 11.9. The number of anilines is 1. The molecule has 1 aliphatic carbocycles. The van der Waals surface area contributed by atoms with Crippen LogP contribution in [0.1, 0.15) is 32.3 Å². The SMILES string of the molecule is Cc1ccc(NC(=O)NCCN(C(C)C)C2CC2)cc1Cl. The molecule has 1 fully saturated rings. The average Bonchev–Trinajstić information content (AvgIpc) is 3.23. The Labute approximate surface area is 131 Å². The number of rotatable bonds is 6. The fourth-order valence-corrected chi connectivity index (χ4v) is 2.59. The van der Waals surface area contributed by atoms with Crippen LogP contribution in [0.15, 0.2) is 18.2 Å². The molecule has 4 nitrogen and oxygen atoms in total. The summed E-state index contributed by atoms with van der Waals surface area (Å²) >= 11 is 6.04. The van der Waals surface area contributed by atoms with Crippen molar-refractivity contribution in [1.82, 2.24) is 10.2 Å². The van der Waals surface area contributed by atoms with Crippen molar-refractivity contribution in [3.05, 3.63) is 28.8 Å². The lowest BCUT2D eigenvalue weighted by Crippen LogP contribution is -2.41. The van der Waals surface area contributed by atoms with Gasteiger partial charge in [0.05, 0.1) is 0 Å². The molecule has 0 heterocycles. The summed E-state index contributed by atoms with van der Waals surface area (Å²) in [7, 11) is 0. The quantitative estimate of drug-likeness (QED) is 0.842. The van der Waals surface area contributed by atoms with Gasteiger partial charge in [0.15, 0.2) is 0 Å². The molecule has 5 heteroatoms. The van der Waals surface area contributed by atoms with E-state index in [1.54, 1.807) is 6.07 Å². The summed E-state index contributed by atoms with van der Waals surface area (Å²) in [5, 5.41) is 6.36. The summed E-state index contributed by atoms with van der Waals surface area (Å²) in [6.07, 6.45) is 2.57. The summed E-state index contributed by atoms with van der Waals surface area (Å²) in [5.74, 6) is 0. The van der Waals surface area contributed by atoms with Gasteiger partial charge in [-0.1, -0.05) is 17.7 Å². The van der Waals surface area contributed by atoms with Gasteiger partial charge in [0.25, 0.3) is 0 Å². The van der Waals surface area contributed by atoms with Gasteiger partial charge in [0.2, 0.25) is 0 Å². The van der Waals surface area contributed by atoms with Crippen molar-refractivity contribution in [2.24, 2.45) is 0 Å². The van der Waals surface area contributed by atoms with Gasteiger partial charge in [-0.3, -0.25) is 4.90 Å². The predicted molar refractivity (Wildman–Crippen MR) is 88.1 cm³/mol. The summed E-state index contributed by atoms with van der Waals surface area (Å²) in [6, 6.07) is 6.57. The monoisotopic (exact) mass is 309 g/mol. The summed E-state index contributed by atoms with van der Waals surface area (Å²) in [5.41, 5.74) is 1.71. The summed E-state index contributed by atoms with van der Waals surface area (Å²) in [4.78, 5) is 14.3. The highest BCUT2D eigenvalue weighted by atomic mass is 35.5. The normalized spacial score (nSPS) is 14.6. The number of urea groups is 1. The first-order valence-corrected chi connectivity index (χ1v) is 7.92. The number of amides is 2. The topological polar surface area (TPSA) is 44.4 Å². The number of carbonyl (C=O) groups is 1. The van der Waals surface area contributed by atoms with Crippen LogP contribution in [-0.4, -0.2) is 36.1 Å². The lowest BCUT2D eigenvalue weighted by molar-refractivity contribution is 0.210. The fourth-order valence-electron chi connectivity index (χ4n) is 2.41. The van der Waals surface area contributed by atoms with Gasteiger partial charge in [-0.25, -0.2) is 4.79 Å². The molecule has 0 spiro atoms. The van der Waals surface area contributed by atoms with Crippen molar-refractivity contribution >= 4 is 23.3 Å². The third kappa shape index (κ3) is 4.90. The van der Waals surface area contributed by atoms with Gasteiger partial charge < -0.3 is 10.6 Å². The maximum absolute atomic E-state index is 11.9. The zero-order chi connectivity index (χ0) is 15.4. The van der Waals surface area contributed by atoms with Crippen molar-refractivity contribution < 1.29 is 4.79 Å². The summed E-state index contributed by atoms with van der Waals surface area (Å²) < 4.78 is 0. The van der Waals surface area contributed by atoms with E-state index >= 15 is 0 Å². The van der Waals surface area contributed by atoms with E-state index in [9.17, 15) is 4.79 Å². The van der Waals surface area contributed by atoms with Crippen LogP contribution < -0.4 is 10.6 Å². The van der Waals surface area contributed by atoms with Gasteiger partial charge in [-0.05, 0) is 51.3 Å².